The molecule has 0 aromatic heterocycles. The lowest BCUT2D eigenvalue weighted by Crippen LogP contribution is -2.43. The standard InChI is InChI=1S/C21H23N3O8/c1-13(2)8-18(21(27)32-12-19(25)14-6-4-3-5-7-14)22-20(26)15-9-16(23(28)29)11-17(10-15)24(30)31/h3-7,9-11,13,18-19,25H,8,12H2,1-2H3,(H,22,26)/t18-,19?/m0/s1. The van der Waals surface area contributed by atoms with Crippen molar-refractivity contribution in [3.05, 3.63) is 79.9 Å². The third kappa shape index (κ3) is 6.84. The topological polar surface area (TPSA) is 162 Å². The first-order valence-corrected chi connectivity index (χ1v) is 9.72. The number of aliphatic hydroxyl groups excluding tert-OH is 1. The molecule has 170 valence electrons. The molecule has 2 rings (SSSR count). The number of nitro groups is 2. The number of non-ortho nitro benzene ring substituents is 2. The molecule has 0 aliphatic carbocycles. The Labute approximate surface area is 183 Å². The molecule has 32 heavy (non-hydrogen) atoms. The molecule has 0 aliphatic rings. The number of hydrogen-bond donors (Lipinski definition) is 2. The van der Waals surface area contributed by atoms with Crippen molar-refractivity contribution in [1.82, 2.24) is 5.32 Å². The highest BCUT2D eigenvalue weighted by molar-refractivity contribution is 5.98. The summed E-state index contributed by atoms with van der Waals surface area (Å²) in [5, 5.41) is 34.7. The fourth-order valence-electron chi connectivity index (χ4n) is 2.90. The molecular weight excluding hydrogens is 422 g/mol. The van der Waals surface area contributed by atoms with Crippen molar-refractivity contribution in [3.8, 4) is 0 Å². The van der Waals surface area contributed by atoms with Crippen LogP contribution >= 0.6 is 0 Å². The quantitative estimate of drug-likeness (QED) is 0.320. The van der Waals surface area contributed by atoms with Gasteiger partial charge in [0.2, 0.25) is 0 Å². The van der Waals surface area contributed by atoms with Gasteiger partial charge in [0.15, 0.2) is 0 Å². The molecule has 11 heteroatoms. The predicted molar refractivity (Wildman–Crippen MR) is 113 cm³/mol. The van der Waals surface area contributed by atoms with Gasteiger partial charge in [0.1, 0.15) is 18.8 Å². The Balaban J connectivity index is 2.15. The summed E-state index contributed by atoms with van der Waals surface area (Å²) < 4.78 is 5.16. The molecular formula is C21H23N3O8. The molecule has 1 unspecified atom stereocenters. The van der Waals surface area contributed by atoms with E-state index in [0.717, 1.165) is 18.2 Å². The molecule has 11 nitrogen and oxygen atoms in total. The van der Waals surface area contributed by atoms with E-state index < -0.39 is 45.2 Å². The third-order valence-electron chi connectivity index (χ3n) is 4.45. The molecule has 2 aromatic rings. The van der Waals surface area contributed by atoms with E-state index in [0.29, 0.717) is 5.56 Å². The maximum absolute atomic E-state index is 12.6. The first-order valence-electron chi connectivity index (χ1n) is 9.72. The molecule has 0 saturated heterocycles. The lowest BCUT2D eigenvalue weighted by molar-refractivity contribution is -0.394. The molecule has 0 heterocycles. The maximum atomic E-state index is 12.6. The van der Waals surface area contributed by atoms with Gasteiger partial charge in [0.05, 0.1) is 21.5 Å². The van der Waals surface area contributed by atoms with Crippen LogP contribution < -0.4 is 5.32 Å². The van der Waals surface area contributed by atoms with Gasteiger partial charge in [-0.15, -0.1) is 0 Å². The van der Waals surface area contributed by atoms with Crippen molar-refractivity contribution in [2.75, 3.05) is 6.61 Å². The van der Waals surface area contributed by atoms with Gasteiger partial charge in [-0.1, -0.05) is 44.2 Å². The van der Waals surface area contributed by atoms with E-state index in [1.807, 2.05) is 13.8 Å². The van der Waals surface area contributed by atoms with Crippen LogP contribution in [0.25, 0.3) is 0 Å². The number of rotatable bonds is 10. The summed E-state index contributed by atoms with van der Waals surface area (Å²) in [6, 6.07) is 9.95. The second-order valence-electron chi connectivity index (χ2n) is 7.46. The van der Waals surface area contributed by atoms with E-state index in [4.69, 9.17) is 4.74 Å². The molecule has 1 amide bonds. The summed E-state index contributed by atoms with van der Waals surface area (Å²) in [6.07, 6.45) is -0.877. The molecule has 0 radical (unpaired) electrons. The van der Waals surface area contributed by atoms with Crippen LogP contribution in [0.2, 0.25) is 0 Å². The number of benzene rings is 2. The van der Waals surface area contributed by atoms with Crippen LogP contribution in [0.1, 0.15) is 42.3 Å². The zero-order valence-corrected chi connectivity index (χ0v) is 17.5. The summed E-state index contributed by atoms with van der Waals surface area (Å²) in [6.45, 7) is 3.28. The van der Waals surface area contributed by atoms with Crippen molar-refractivity contribution >= 4 is 23.3 Å². The zero-order valence-electron chi connectivity index (χ0n) is 17.5. The van der Waals surface area contributed by atoms with Crippen LogP contribution in [-0.4, -0.2) is 39.5 Å². The summed E-state index contributed by atoms with van der Waals surface area (Å²) in [4.78, 5) is 45.6. The van der Waals surface area contributed by atoms with Gasteiger partial charge in [-0.2, -0.15) is 0 Å². The Kier molecular flexibility index (Phi) is 8.36. The average molecular weight is 445 g/mol. The number of nitrogens with zero attached hydrogens (tertiary/aromatic N) is 2. The highest BCUT2D eigenvalue weighted by atomic mass is 16.6. The van der Waals surface area contributed by atoms with Crippen molar-refractivity contribution < 1.29 is 29.3 Å². The summed E-state index contributed by atoms with van der Waals surface area (Å²) in [5.74, 6) is -1.74. The molecule has 0 bridgehead atoms. The minimum absolute atomic E-state index is 0.0358. The minimum atomic E-state index is -1.12. The van der Waals surface area contributed by atoms with E-state index >= 15 is 0 Å². The van der Waals surface area contributed by atoms with Crippen LogP contribution in [0.3, 0.4) is 0 Å². The minimum Gasteiger partial charge on any atom is -0.461 e. The van der Waals surface area contributed by atoms with Gasteiger partial charge in [-0.05, 0) is 17.9 Å². The fraction of sp³-hybridized carbons (Fsp3) is 0.333. The van der Waals surface area contributed by atoms with Gasteiger partial charge in [-0.3, -0.25) is 25.0 Å². The summed E-state index contributed by atoms with van der Waals surface area (Å²) in [5.41, 5.74) is -1.04. The molecule has 0 aliphatic heterocycles. The highest BCUT2D eigenvalue weighted by Gasteiger charge is 2.27. The number of aliphatic hydroxyl groups is 1. The van der Waals surface area contributed by atoms with Crippen molar-refractivity contribution in [2.24, 2.45) is 5.92 Å². The first kappa shape index (κ1) is 24.4. The SMILES string of the molecule is CC(C)C[C@H](NC(=O)c1cc([N+](=O)[O-])cc([N+](=O)[O-])c1)C(=O)OCC(O)c1ccccc1. The van der Waals surface area contributed by atoms with Crippen LogP contribution in [-0.2, 0) is 9.53 Å². The van der Waals surface area contributed by atoms with Gasteiger partial charge in [-0.25, -0.2) is 4.79 Å². The van der Waals surface area contributed by atoms with Crippen molar-refractivity contribution in [1.29, 1.82) is 0 Å². The van der Waals surface area contributed by atoms with Gasteiger partial charge in [0.25, 0.3) is 17.3 Å². The Bertz CT molecular complexity index is 962. The van der Waals surface area contributed by atoms with Crippen molar-refractivity contribution in [3.63, 3.8) is 0 Å². The second kappa shape index (κ2) is 11.0. The van der Waals surface area contributed by atoms with Crippen LogP contribution in [0.4, 0.5) is 11.4 Å². The first-order chi connectivity index (χ1) is 15.1. The maximum Gasteiger partial charge on any atom is 0.328 e. The Morgan fingerprint density at radius 2 is 1.59 bits per heavy atom. The van der Waals surface area contributed by atoms with E-state index in [1.54, 1.807) is 30.3 Å². The molecule has 2 aromatic carbocycles. The number of nitro benzene ring substituents is 2. The Morgan fingerprint density at radius 3 is 2.09 bits per heavy atom. The Morgan fingerprint density at radius 1 is 1.03 bits per heavy atom. The number of carbonyl (C=O) groups is 2. The number of ether oxygens (including phenoxy) is 1. The molecule has 2 N–H and O–H groups in total. The van der Waals surface area contributed by atoms with Gasteiger partial charge >= 0.3 is 5.97 Å². The molecule has 0 saturated carbocycles. The fourth-order valence-corrected chi connectivity index (χ4v) is 2.90. The largest absolute Gasteiger partial charge is 0.461 e. The van der Waals surface area contributed by atoms with Gasteiger partial charge < -0.3 is 15.2 Å². The molecule has 0 fully saturated rings. The third-order valence-corrected chi connectivity index (χ3v) is 4.45. The zero-order chi connectivity index (χ0) is 23.8. The van der Waals surface area contributed by atoms with E-state index in [2.05, 4.69) is 5.32 Å². The van der Waals surface area contributed by atoms with Crippen LogP contribution in [0, 0.1) is 26.1 Å². The molecule has 2 atom stereocenters. The van der Waals surface area contributed by atoms with Crippen molar-refractivity contribution in [2.45, 2.75) is 32.4 Å². The number of carbonyl (C=O) groups excluding carboxylic acids is 2. The lowest BCUT2D eigenvalue weighted by Gasteiger charge is -2.20. The second-order valence-corrected chi connectivity index (χ2v) is 7.46. The van der Waals surface area contributed by atoms with E-state index in [1.165, 1.54) is 0 Å². The lowest BCUT2D eigenvalue weighted by atomic mass is 10.0. The average Bonchev–Trinajstić information content (AvgIpc) is 2.76. The molecule has 0 spiro atoms. The number of esters is 1. The van der Waals surface area contributed by atoms with Gasteiger partial charge in [0, 0.05) is 12.1 Å². The smallest absolute Gasteiger partial charge is 0.328 e. The normalized spacial score (nSPS) is 12.6. The summed E-state index contributed by atoms with van der Waals surface area (Å²) >= 11 is 0. The van der Waals surface area contributed by atoms with Crippen LogP contribution in [0.15, 0.2) is 48.5 Å². The number of nitrogens with one attached hydrogen (secondary N) is 1. The van der Waals surface area contributed by atoms with E-state index in [9.17, 15) is 34.9 Å². The monoisotopic (exact) mass is 445 g/mol. The highest BCUT2D eigenvalue weighted by Crippen LogP contribution is 2.23. The summed E-state index contributed by atoms with van der Waals surface area (Å²) in [7, 11) is 0. The van der Waals surface area contributed by atoms with E-state index in [-0.39, 0.29) is 24.5 Å². The number of hydrogen-bond acceptors (Lipinski definition) is 8. The Hall–Kier alpha value is -3.86. The number of amides is 1. The predicted octanol–water partition coefficient (Wildman–Crippen LogP) is 2.92. The van der Waals surface area contributed by atoms with Crippen LogP contribution in [0.5, 0.6) is 0 Å².